The summed E-state index contributed by atoms with van der Waals surface area (Å²) in [6.07, 6.45) is 7.56. The zero-order chi connectivity index (χ0) is 13.3. The van der Waals surface area contributed by atoms with Crippen LogP contribution in [0.3, 0.4) is 0 Å². The molecule has 0 aromatic heterocycles. The second kappa shape index (κ2) is 8.29. The fourth-order valence-electron chi connectivity index (χ4n) is 1.57. The Balaban J connectivity index is 3.60. The zero-order valence-corrected chi connectivity index (χ0v) is 11.5. The van der Waals surface area contributed by atoms with Gasteiger partial charge in [-0.15, -0.1) is 6.58 Å². The molecule has 0 spiro atoms. The van der Waals surface area contributed by atoms with Crippen molar-refractivity contribution in [1.82, 2.24) is 0 Å². The quantitative estimate of drug-likeness (QED) is 0.403. The molecular formula is C14H27NO2. The Morgan fingerprint density at radius 1 is 1.35 bits per heavy atom. The van der Waals surface area contributed by atoms with Crippen molar-refractivity contribution in [3.8, 4) is 0 Å². The van der Waals surface area contributed by atoms with Gasteiger partial charge in [0.1, 0.15) is 5.60 Å². The number of hydrogen-bond donors (Lipinski definition) is 1. The first-order chi connectivity index (χ1) is 7.85. The summed E-state index contributed by atoms with van der Waals surface area (Å²) in [6, 6.07) is -0.0754. The second-order valence-corrected chi connectivity index (χ2v) is 5.48. The lowest BCUT2D eigenvalue weighted by molar-refractivity contribution is -0.155. The molecule has 0 radical (unpaired) electrons. The first-order valence-corrected chi connectivity index (χ1v) is 6.43. The van der Waals surface area contributed by atoms with Gasteiger partial charge in [0.25, 0.3) is 0 Å². The molecule has 0 amide bonds. The van der Waals surface area contributed by atoms with E-state index in [2.05, 4.69) is 6.58 Å². The van der Waals surface area contributed by atoms with Crippen molar-refractivity contribution >= 4 is 5.97 Å². The summed E-state index contributed by atoms with van der Waals surface area (Å²) in [7, 11) is 0. The number of ether oxygens (including phenoxy) is 1. The summed E-state index contributed by atoms with van der Waals surface area (Å²) in [5, 5.41) is 0. The molecule has 17 heavy (non-hydrogen) atoms. The number of rotatable bonds is 8. The first kappa shape index (κ1) is 16.2. The highest BCUT2D eigenvalue weighted by Crippen LogP contribution is 2.11. The van der Waals surface area contributed by atoms with Crippen molar-refractivity contribution in [2.24, 2.45) is 5.73 Å². The van der Waals surface area contributed by atoms with Gasteiger partial charge in [-0.1, -0.05) is 18.9 Å². The molecule has 3 nitrogen and oxygen atoms in total. The van der Waals surface area contributed by atoms with E-state index < -0.39 is 5.60 Å². The number of carbonyl (C=O) groups is 1. The molecule has 0 heterocycles. The Labute approximate surface area is 105 Å². The van der Waals surface area contributed by atoms with Crippen molar-refractivity contribution in [3.05, 3.63) is 12.7 Å². The number of nitrogens with two attached hydrogens (primary N) is 1. The van der Waals surface area contributed by atoms with E-state index in [1.165, 1.54) is 0 Å². The van der Waals surface area contributed by atoms with Crippen LogP contribution in [0, 0.1) is 0 Å². The molecule has 0 aromatic carbocycles. The van der Waals surface area contributed by atoms with E-state index in [4.69, 9.17) is 10.5 Å². The van der Waals surface area contributed by atoms with Gasteiger partial charge in [-0.25, -0.2) is 0 Å². The lowest BCUT2D eigenvalue weighted by Crippen LogP contribution is -2.30. The molecule has 0 fully saturated rings. The van der Waals surface area contributed by atoms with Gasteiger partial charge in [-0.3, -0.25) is 4.79 Å². The molecule has 0 bridgehead atoms. The van der Waals surface area contributed by atoms with Gasteiger partial charge >= 0.3 is 5.97 Å². The minimum Gasteiger partial charge on any atom is -0.460 e. The van der Waals surface area contributed by atoms with Crippen LogP contribution in [-0.4, -0.2) is 17.6 Å². The van der Waals surface area contributed by atoms with Crippen LogP contribution in [0.4, 0.5) is 0 Å². The van der Waals surface area contributed by atoms with Gasteiger partial charge in [-0.05, 0) is 40.0 Å². The molecule has 3 heteroatoms. The van der Waals surface area contributed by atoms with Gasteiger partial charge in [0.05, 0.1) is 6.42 Å². The van der Waals surface area contributed by atoms with E-state index in [0.29, 0.717) is 6.42 Å². The largest absolute Gasteiger partial charge is 0.460 e. The van der Waals surface area contributed by atoms with Crippen molar-refractivity contribution < 1.29 is 9.53 Å². The Kier molecular flexibility index (Phi) is 7.88. The maximum absolute atomic E-state index is 11.5. The van der Waals surface area contributed by atoms with Crippen molar-refractivity contribution in [2.75, 3.05) is 0 Å². The molecule has 1 atom stereocenters. The Morgan fingerprint density at radius 2 is 2.00 bits per heavy atom. The summed E-state index contributed by atoms with van der Waals surface area (Å²) in [5.74, 6) is -0.198. The molecule has 0 aliphatic carbocycles. The molecule has 0 saturated carbocycles. The van der Waals surface area contributed by atoms with Crippen LogP contribution < -0.4 is 5.73 Å². The van der Waals surface area contributed by atoms with Crippen molar-refractivity contribution in [3.63, 3.8) is 0 Å². The van der Waals surface area contributed by atoms with Crippen LogP contribution in [0.15, 0.2) is 12.7 Å². The van der Waals surface area contributed by atoms with Crippen molar-refractivity contribution in [2.45, 2.75) is 70.9 Å². The van der Waals surface area contributed by atoms with Crippen LogP contribution in [-0.2, 0) is 9.53 Å². The summed E-state index contributed by atoms with van der Waals surface area (Å²) < 4.78 is 5.22. The van der Waals surface area contributed by atoms with E-state index >= 15 is 0 Å². The highest BCUT2D eigenvalue weighted by Gasteiger charge is 2.18. The van der Waals surface area contributed by atoms with Gasteiger partial charge in [0.2, 0.25) is 0 Å². The Bertz CT molecular complexity index is 231. The third kappa shape index (κ3) is 11.4. The number of esters is 1. The molecule has 100 valence electrons. The number of allylic oxidation sites excluding steroid dienone is 1. The average molecular weight is 241 g/mol. The zero-order valence-electron chi connectivity index (χ0n) is 11.5. The molecular weight excluding hydrogens is 214 g/mol. The van der Waals surface area contributed by atoms with Crippen LogP contribution in [0.25, 0.3) is 0 Å². The number of carbonyl (C=O) groups excluding carboxylic acids is 1. The summed E-state index contributed by atoms with van der Waals surface area (Å²) in [4.78, 5) is 11.5. The minimum atomic E-state index is -0.416. The van der Waals surface area contributed by atoms with E-state index in [9.17, 15) is 4.79 Å². The first-order valence-electron chi connectivity index (χ1n) is 6.43. The van der Waals surface area contributed by atoms with E-state index in [1.54, 1.807) is 0 Å². The fourth-order valence-corrected chi connectivity index (χ4v) is 1.57. The van der Waals surface area contributed by atoms with E-state index in [0.717, 1.165) is 32.1 Å². The molecule has 2 N–H and O–H groups in total. The molecule has 0 aromatic rings. The topological polar surface area (TPSA) is 52.3 Å². The van der Waals surface area contributed by atoms with E-state index in [-0.39, 0.29) is 12.0 Å². The second-order valence-electron chi connectivity index (χ2n) is 5.48. The molecule has 0 unspecified atom stereocenters. The number of unbranched alkanes of at least 4 members (excludes halogenated alkanes) is 3. The van der Waals surface area contributed by atoms with Gasteiger partial charge < -0.3 is 10.5 Å². The maximum Gasteiger partial charge on any atom is 0.307 e. The van der Waals surface area contributed by atoms with Crippen LogP contribution >= 0.6 is 0 Å². The molecule has 0 rings (SSSR count). The average Bonchev–Trinajstić information content (AvgIpc) is 2.14. The van der Waals surface area contributed by atoms with Gasteiger partial charge in [0, 0.05) is 6.04 Å². The Hall–Kier alpha value is -0.830. The highest BCUT2D eigenvalue weighted by molar-refractivity contribution is 5.70. The molecule has 0 saturated heterocycles. The standard InChI is InChI=1S/C14H27NO2/c1-5-6-7-8-9-10-12(15)11-13(16)17-14(2,3)4/h5,12H,1,6-11,15H2,2-4H3/t12-/m0/s1. The van der Waals surface area contributed by atoms with E-state index in [1.807, 2.05) is 26.8 Å². The molecule has 0 aliphatic heterocycles. The minimum absolute atomic E-state index is 0.0754. The van der Waals surface area contributed by atoms with Crippen LogP contribution in [0.1, 0.15) is 59.3 Å². The van der Waals surface area contributed by atoms with Gasteiger partial charge in [-0.2, -0.15) is 0 Å². The number of hydrogen-bond acceptors (Lipinski definition) is 3. The lowest BCUT2D eigenvalue weighted by atomic mass is 10.1. The third-order valence-corrected chi connectivity index (χ3v) is 2.33. The fraction of sp³-hybridized carbons (Fsp3) is 0.786. The summed E-state index contributed by atoms with van der Waals surface area (Å²) in [5.41, 5.74) is 5.47. The molecule has 0 aliphatic rings. The summed E-state index contributed by atoms with van der Waals surface area (Å²) in [6.45, 7) is 9.28. The van der Waals surface area contributed by atoms with Crippen molar-refractivity contribution in [1.29, 1.82) is 0 Å². The predicted octanol–water partition coefficient (Wildman–Crippen LogP) is 3.18. The van der Waals surface area contributed by atoms with Crippen LogP contribution in [0.2, 0.25) is 0 Å². The predicted molar refractivity (Wildman–Crippen MR) is 71.7 cm³/mol. The third-order valence-electron chi connectivity index (χ3n) is 2.33. The lowest BCUT2D eigenvalue weighted by Gasteiger charge is -2.20. The SMILES string of the molecule is C=CCCCCC[C@H](N)CC(=O)OC(C)(C)C. The Morgan fingerprint density at radius 3 is 2.53 bits per heavy atom. The monoisotopic (exact) mass is 241 g/mol. The van der Waals surface area contributed by atoms with Crippen LogP contribution in [0.5, 0.6) is 0 Å². The highest BCUT2D eigenvalue weighted by atomic mass is 16.6. The smallest absolute Gasteiger partial charge is 0.307 e. The van der Waals surface area contributed by atoms with Gasteiger partial charge in [0.15, 0.2) is 0 Å². The maximum atomic E-state index is 11.5. The summed E-state index contributed by atoms with van der Waals surface area (Å²) >= 11 is 0. The normalized spacial score (nSPS) is 13.2.